The molecule has 1 heterocycles. The van der Waals surface area contributed by atoms with Crippen molar-refractivity contribution < 1.29 is 4.74 Å². The molecule has 106 valence electrons. The number of anilines is 1. The third-order valence-electron chi connectivity index (χ3n) is 3.60. The van der Waals surface area contributed by atoms with E-state index >= 15 is 0 Å². The van der Waals surface area contributed by atoms with Gasteiger partial charge in [-0.25, -0.2) is 0 Å². The van der Waals surface area contributed by atoms with Crippen molar-refractivity contribution in [2.75, 3.05) is 38.3 Å². The highest BCUT2D eigenvalue weighted by Crippen LogP contribution is 2.29. The van der Waals surface area contributed by atoms with Crippen LogP contribution in [0.2, 0.25) is 0 Å². The van der Waals surface area contributed by atoms with E-state index in [2.05, 4.69) is 51.3 Å². The summed E-state index contributed by atoms with van der Waals surface area (Å²) >= 11 is 3.57. The molecule has 0 bridgehead atoms. The Labute approximate surface area is 124 Å². The summed E-state index contributed by atoms with van der Waals surface area (Å²) in [6, 6.07) is 6.59. The summed E-state index contributed by atoms with van der Waals surface area (Å²) in [5.74, 6) is 0.804. The van der Waals surface area contributed by atoms with E-state index in [1.807, 2.05) is 0 Å². The minimum Gasteiger partial charge on any atom is -0.383 e. The van der Waals surface area contributed by atoms with Crippen molar-refractivity contribution in [2.24, 2.45) is 5.92 Å². The number of methoxy groups -OCH3 is 1. The van der Waals surface area contributed by atoms with E-state index in [0.717, 1.165) is 30.1 Å². The van der Waals surface area contributed by atoms with Gasteiger partial charge < -0.3 is 15.0 Å². The van der Waals surface area contributed by atoms with Crippen LogP contribution in [-0.2, 0) is 11.3 Å². The molecule has 0 saturated carbocycles. The maximum Gasteiger partial charge on any atom is 0.0587 e. The minimum atomic E-state index is 0.754. The lowest BCUT2D eigenvalue weighted by molar-refractivity contribution is 0.199. The summed E-state index contributed by atoms with van der Waals surface area (Å²) in [4.78, 5) is 2.50. The smallest absolute Gasteiger partial charge is 0.0587 e. The van der Waals surface area contributed by atoms with Gasteiger partial charge in [0.15, 0.2) is 0 Å². The molecular weight excluding hydrogens is 304 g/mol. The zero-order chi connectivity index (χ0) is 13.7. The van der Waals surface area contributed by atoms with E-state index in [9.17, 15) is 0 Å². The highest BCUT2D eigenvalue weighted by atomic mass is 79.9. The molecule has 1 N–H and O–H groups in total. The van der Waals surface area contributed by atoms with Gasteiger partial charge in [-0.1, -0.05) is 22.9 Å². The number of ether oxygens (including phenoxy) is 1. The van der Waals surface area contributed by atoms with Gasteiger partial charge >= 0.3 is 0 Å². The van der Waals surface area contributed by atoms with Crippen molar-refractivity contribution in [1.82, 2.24) is 5.32 Å². The first-order chi connectivity index (χ1) is 9.20. The average molecular weight is 327 g/mol. The molecule has 2 rings (SSSR count). The third kappa shape index (κ3) is 4.20. The van der Waals surface area contributed by atoms with Crippen molar-refractivity contribution in [3.8, 4) is 0 Å². The van der Waals surface area contributed by atoms with Gasteiger partial charge in [-0.15, -0.1) is 0 Å². The maximum atomic E-state index is 5.07. The summed E-state index contributed by atoms with van der Waals surface area (Å²) in [7, 11) is 1.73. The molecule has 0 spiro atoms. The number of benzene rings is 1. The van der Waals surface area contributed by atoms with Crippen LogP contribution in [0.4, 0.5) is 5.69 Å². The summed E-state index contributed by atoms with van der Waals surface area (Å²) in [6.45, 7) is 7.21. The number of rotatable bonds is 6. The lowest BCUT2D eigenvalue weighted by Crippen LogP contribution is -2.24. The number of hydrogen-bond donors (Lipinski definition) is 1. The Morgan fingerprint density at radius 2 is 2.32 bits per heavy atom. The zero-order valence-corrected chi connectivity index (χ0v) is 13.4. The van der Waals surface area contributed by atoms with Crippen molar-refractivity contribution in [3.05, 3.63) is 28.2 Å². The van der Waals surface area contributed by atoms with Gasteiger partial charge in [-0.2, -0.15) is 0 Å². The molecule has 1 aliphatic heterocycles. The van der Waals surface area contributed by atoms with Gasteiger partial charge in [0.05, 0.1) is 6.61 Å². The van der Waals surface area contributed by atoms with Crippen molar-refractivity contribution in [2.45, 2.75) is 19.9 Å². The van der Waals surface area contributed by atoms with Gasteiger partial charge in [0.2, 0.25) is 0 Å². The van der Waals surface area contributed by atoms with E-state index < -0.39 is 0 Å². The quantitative estimate of drug-likeness (QED) is 0.813. The van der Waals surface area contributed by atoms with Crippen LogP contribution in [0.25, 0.3) is 0 Å². The van der Waals surface area contributed by atoms with Crippen LogP contribution in [0.3, 0.4) is 0 Å². The Hall–Kier alpha value is -0.580. The molecule has 0 radical (unpaired) electrons. The SMILES string of the molecule is COCCNCc1cc(Br)ccc1N1CCC(C)C1. The Bertz CT molecular complexity index is 411. The number of nitrogens with zero attached hydrogens (tertiary/aromatic N) is 1. The summed E-state index contributed by atoms with van der Waals surface area (Å²) in [5, 5.41) is 3.43. The molecule has 0 aromatic heterocycles. The normalized spacial score (nSPS) is 19.1. The fourth-order valence-corrected chi connectivity index (χ4v) is 2.96. The maximum absolute atomic E-state index is 5.07. The van der Waals surface area contributed by atoms with Gasteiger partial charge in [0, 0.05) is 43.4 Å². The van der Waals surface area contributed by atoms with Crippen LogP contribution in [0.1, 0.15) is 18.9 Å². The van der Waals surface area contributed by atoms with Gasteiger partial charge in [0.25, 0.3) is 0 Å². The summed E-state index contributed by atoms with van der Waals surface area (Å²) in [5.41, 5.74) is 2.73. The van der Waals surface area contributed by atoms with Crippen LogP contribution in [0.5, 0.6) is 0 Å². The molecule has 1 aromatic rings. The summed E-state index contributed by atoms with van der Waals surface area (Å²) in [6.07, 6.45) is 1.30. The number of hydrogen-bond acceptors (Lipinski definition) is 3. The molecule has 1 atom stereocenters. The zero-order valence-electron chi connectivity index (χ0n) is 11.8. The van der Waals surface area contributed by atoms with Crippen LogP contribution in [-0.4, -0.2) is 33.4 Å². The Balaban J connectivity index is 2.04. The molecule has 1 unspecified atom stereocenters. The van der Waals surface area contributed by atoms with Crippen molar-refractivity contribution in [3.63, 3.8) is 0 Å². The van der Waals surface area contributed by atoms with Crippen LogP contribution < -0.4 is 10.2 Å². The fraction of sp³-hybridized carbons (Fsp3) is 0.600. The number of nitrogens with one attached hydrogen (secondary N) is 1. The minimum absolute atomic E-state index is 0.754. The monoisotopic (exact) mass is 326 g/mol. The largest absolute Gasteiger partial charge is 0.383 e. The summed E-state index contributed by atoms with van der Waals surface area (Å²) < 4.78 is 6.21. The molecule has 3 nitrogen and oxygen atoms in total. The molecule has 19 heavy (non-hydrogen) atoms. The molecule has 4 heteroatoms. The third-order valence-corrected chi connectivity index (χ3v) is 4.10. The van der Waals surface area contributed by atoms with E-state index in [1.165, 1.54) is 30.8 Å². The van der Waals surface area contributed by atoms with Crippen LogP contribution in [0.15, 0.2) is 22.7 Å². The molecule has 1 aliphatic rings. The second kappa shape index (κ2) is 7.27. The highest BCUT2D eigenvalue weighted by Gasteiger charge is 2.20. The lowest BCUT2D eigenvalue weighted by Gasteiger charge is -2.22. The first kappa shape index (κ1) is 14.8. The van der Waals surface area contributed by atoms with Crippen LogP contribution in [0, 0.1) is 5.92 Å². The molecule has 1 fully saturated rings. The van der Waals surface area contributed by atoms with Gasteiger partial charge in [-0.05, 0) is 36.1 Å². The molecular formula is C15H23BrN2O. The molecule has 1 saturated heterocycles. The molecule has 1 aromatic carbocycles. The topological polar surface area (TPSA) is 24.5 Å². The van der Waals surface area contributed by atoms with Crippen molar-refractivity contribution >= 4 is 21.6 Å². The first-order valence-corrected chi connectivity index (χ1v) is 7.73. The van der Waals surface area contributed by atoms with Crippen LogP contribution >= 0.6 is 15.9 Å². The van der Waals surface area contributed by atoms with E-state index in [0.29, 0.717) is 0 Å². The predicted molar refractivity (Wildman–Crippen MR) is 83.7 cm³/mol. The van der Waals surface area contributed by atoms with E-state index in [1.54, 1.807) is 7.11 Å². The Morgan fingerprint density at radius 3 is 3.00 bits per heavy atom. The lowest BCUT2D eigenvalue weighted by atomic mass is 10.1. The van der Waals surface area contributed by atoms with E-state index in [-0.39, 0.29) is 0 Å². The van der Waals surface area contributed by atoms with Crippen molar-refractivity contribution in [1.29, 1.82) is 0 Å². The standard InChI is InChI=1S/C15H23BrN2O/c1-12-5-7-18(11-12)15-4-3-14(16)9-13(15)10-17-6-8-19-2/h3-4,9,12,17H,5-8,10-11H2,1-2H3. The first-order valence-electron chi connectivity index (χ1n) is 6.93. The fourth-order valence-electron chi connectivity index (χ4n) is 2.56. The molecule has 0 aliphatic carbocycles. The Morgan fingerprint density at radius 1 is 1.47 bits per heavy atom. The second-order valence-electron chi connectivity index (χ2n) is 5.28. The highest BCUT2D eigenvalue weighted by molar-refractivity contribution is 9.10. The Kier molecular flexibility index (Phi) is 5.67. The number of halogens is 1. The van der Waals surface area contributed by atoms with Gasteiger partial charge in [-0.3, -0.25) is 0 Å². The predicted octanol–water partition coefficient (Wildman–Crippen LogP) is 3.03. The molecule has 0 amide bonds. The van der Waals surface area contributed by atoms with Gasteiger partial charge in [0.1, 0.15) is 0 Å². The second-order valence-corrected chi connectivity index (χ2v) is 6.20. The average Bonchev–Trinajstić information content (AvgIpc) is 2.81. The van der Waals surface area contributed by atoms with E-state index in [4.69, 9.17) is 4.74 Å².